The zero-order valence-corrected chi connectivity index (χ0v) is 38.8. The maximum absolute atomic E-state index is 7.03. The molecule has 0 fully saturated rings. The summed E-state index contributed by atoms with van der Waals surface area (Å²) in [4.78, 5) is 0. The minimum Gasteiger partial charge on any atom is -0.403 e. The van der Waals surface area contributed by atoms with Gasteiger partial charge in [-0.2, -0.15) is 0 Å². The molecule has 0 aromatic heterocycles. The second kappa shape index (κ2) is 16.2. The predicted molar refractivity (Wildman–Crippen MR) is 246 cm³/mol. The minimum absolute atomic E-state index is 0.520. The third kappa shape index (κ3) is 10.3. The third-order valence-corrected chi connectivity index (χ3v) is 12.8. The van der Waals surface area contributed by atoms with Crippen LogP contribution in [0.3, 0.4) is 0 Å². The van der Waals surface area contributed by atoms with E-state index in [0.29, 0.717) is 12.8 Å². The van der Waals surface area contributed by atoms with Crippen LogP contribution in [0.4, 0.5) is 0 Å². The SMILES string of the molecule is C[Si](C)(C)C#CCC1(O[Si](C)(C)C)c2ccccc2C=Cc2ccccc21.C[Si](C)(C)C#CCC1(O[Si](C)(C)C)c2ccccc2C=Cc2ccccc21. The van der Waals surface area contributed by atoms with Crippen molar-refractivity contribution >= 4 is 57.1 Å². The molecule has 6 rings (SSSR count). The molecule has 0 N–H and O–H groups in total. The van der Waals surface area contributed by atoms with Gasteiger partial charge in [0.05, 0.1) is 0 Å². The molecule has 0 bridgehead atoms. The van der Waals surface area contributed by atoms with Crippen LogP contribution in [0.15, 0.2) is 97.1 Å². The highest BCUT2D eigenvalue weighted by Gasteiger charge is 2.43. The summed E-state index contributed by atoms with van der Waals surface area (Å²) in [6.07, 6.45) is 10.3. The number of hydrogen-bond donors (Lipinski definition) is 0. The van der Waals surface area contributed by atoms with Gasteiger partial charge in [-0.15, -0.1) is 22.9 Å². The molecule has 0 unspecified atom stereocenters. The van der Waals surface area contributed by atoms with Crippen LogP contribution >= 0.6 is 0 Å². The first-order valence-corrected chi connectivity index (χ1v) is 33.2. The Kier molecular flexibility index (Phi) is 12.4. The fraction of sp³-hybridized carbons (Fsp3) is 0.333. The molecule has 0 saturated carbocycles. The zero-order chi connectivity index (χ0) is 39.4. The van der Waals surface area contributed by atoms with Crippen molar-refractivity contribution in [2.24, 2.45) is 0 Å². The Balaban J connectivity index is 0.000000208. The van der Waals surface area contributed by atoms with Gasteiger partial charge in [0, 0.05) is 12.8 Å². The average Bonchev–Trinajstić information content (AvgIpc) is 3.28. The van der Waals surface area contributed by atoms with E-state index in [0.717, 1.165) is 0 Å². The lowest BCUT2D eigenvalue weighted by atomic mass is 9.81. The lowest BCUT2D eigenvalue weighted by molar-refractivity contribution is 0.107. The Bertz CT molecular complexity index is 1890. The molecule has 280 valence electrons. The van der Waals surface area contributed by atoms with Crippen molar-refractivity contribution in [3.63, 3.8) is 0 Å². The molecule has 4 aromatic carbocycles. The van der Waals surface area contributed by atoms with Crippen LogP contribution in [-0.2, 0) is 20.1 Å². The van der Waals surface area contributed by atoms with E-state index in [-0.39, 0.29) is 0 Å². The molecule has 2 nitrogen and oxygen atoms in total. The molecule has 0 heterocycles. The first kappa shape index (κ1) is 41.4. The predicted octanol–water partition coefficient (Wildman–Crippen LogP) is 13.1. The van der Waals surface area contributed by atoms with Crippen molar-refractivity contribution < 1.29 is 8.85 Å². The summed E-state index contributed by atoms with van der Waals surface area (Å²) in [7, 11) is -6.61. The van der Waals surface area contributed by atoms with Gasteiger partial charge in [-0.3, -0.25) is 0 Å². The van der Waals surface area contributed by atoms with Gasteiger partial charge >= 0.3 is 0 Å². The number of benzene rings is 4. The summed E-state index contributed by atoms with van der Waals surface area (Å²) < 4.78 is 14.1. The molecule has 2 aliphatic carbocycles. The molecule has 0 atom stereocenters. The summed E-state index contributed by atoms with van der Waals surface area (Å²) in [5, 5.41) is 0. The molecular formula is C48H60O2Si4. The molecule has 54 heavy (non-hydrogen) atoms. The van der Waals surface area contributed by atoms with Crippen LogP contribution in [-0.4, -0.2) is 32.8 Å². The largest absolute Gasteiger partial charge is 0.403 e. The molecule has 0 aliphatic heterocycles. The molecule has 6 heteroatoms. The smallest absolute Gasteiger partial charge is 0.185 e. The van der Waals surface area contributed by atoms with Gasteiger partial charge in [-0.25, -0.2) is 0 Å². The van der Waals surface area contributed by atoms with Crippen LogP contribution in [0, 0.1) is 22.9 Å². The monoisotopic (exact) mass is 780 g/mol. The number of rotatable bonds is 6. The van der Waals surface area contributed by atoms with E-state index in [1.165, 1.54) is 44.5 Å². The van der Waals surface area contributed by atoms with Gasteiger partial charge < -0.3 is 8.85 Å². The van der Waals surface area contributed by atoms with Crippen LogP contribution in [0.5, 0.6) is 0 Å². The Morgan fingerprint density at radius 3 is 0.852 bits per heavy atom. The molecule has 4 aromatic rings. The quantitative estimate of drug-likeness (QED) is 0.143. The van der Waals surface area contributed by atoms with E-state index in [1.807, 2.05) is 0 Å². The molecule has 0 spiro atoms. The van der Waals surface area contributed by atoms with Crippen molar-refractivity contribution in [2.75, 3.05) is 0 Å². The van der Waals surface area contributed by atoms with Gasteiger partial charge in [0.2, 0.25) is 0 Å². The Hall–Kier alpha value is -3.73. The fourth-order valence-electron chi connectivity index (χ4n) is 7.28. The van der Waals surface area contributed by atoms with E-state index in [9.17, 15) is 0 Å². The van der Waals surface area contributed by atoms with Crippen LogP contribution in [0.2, 0.25) is 78.6 Å². The van der Waals surface area contributed by atoms with Crippen LogP contribution in [0.1, 0.15) is 57.3 Å². The molecule has 0 saturated heterocycles. The van der Waals surface area contributed by atoms with Crippen LogP contribution in [0.25, 0.3) is 24.3 Å². The van der Waals surface area contributed by atoms with Crippen molar-refractivity contribution in [3.8, 4) is 22.9 Å². The van der Waals surface area contributed by atoms with Crippen LogP contribution < -0.4 is 0 Å². The highest BCUT2D eigenvalue weighted by atomic mass is 28.4. The van der Waals surface area contributed by atoms with Crippen molar-refractivity contribution in [2.45, 2.75) is 103 Å². The second-order valence-electron chi connectivity index (χ2n) is 18.6. The lowest BCUT2D eigenvalue weighted by Crippen LogP contribution is -2.42. The molecule has 0 radical (unpaired) electrons. The highest BCUT2D eigenvalue weighted by Crippen LogP contribution is 2.46. The third-order valence-electron chi connectivity index (χ3n) is 9.03. The fourth-order valence-corrected chi connectivity index (χ4v) is 11.2. The molecule has 0 amide bonds. The van der Waals surface area contributed by atoms with Gasteiger partial charge in [-0.05, 0) is 83.8 Å². The average molecular weight is 781 g/mol. The number of fused-ring (bicyclic) bond motifs is 4. The number of hydrogen-bond acceptors (Lipinski definition) is 2. The Labute approximate surface area is 331 Å². The topological polar surface area (TPSA) is 18.5 Å². The standard InChI is InChI=1S/2C24H30OSi2/c2*1-26(2,3)19-11-18-24(25-27(4,5)6)22-14-9-7-12-20(22)16-17-21-13-8-10-15-23(21)24/h2*7-10,12-17H,18H2,1-6H3. The minimum atomic E-state index is -1.86. The summed E-state index contributed by atoms with van der Waals surface area (Å²) >= 11 is 0. The Morgan fingerprint density at radius 1 is 0.389 bits per heavy atom. The first-order valence-electron chi connectivity index (χ1n) is 19.4. The summed E-state index contributed by atoms with van der Waals surface area (Å²) in [5.74, 6) is 7.10. The maximum atomic E-state index is 7.03. The maximum Gasteiger partial charge on any atom is 0.185 e. The first-order chi connectivity index (χ1) is 25.2. The summed E-state index contributed by atoms with van der Waals surface area (Å²) in [6.45, 7) is 27.4. The van der Waals surface area contributed by atoms with Gasteiger partial charge in [0.1, 0.15) is 27.3 Å². The summed E-state index contributed by atoms with van der Waals surface area (Å²) in [5.41, 5.74) is 15.9. The summed E-state index contributed by atoms with van der Waals surface area (Å²) in [6, 6.07) is 34.5. The van der Waals surface area contributed by atoms with Crippen molar-refractivity contribution in [1.82, 2.24) is 0 Å². The zero-order valence-electron chi connectivity index (χ0n) is 34.8. The van der Waals surface area contributed by atoms with Gasteiger partial charge in [0.15, 0.2) is 16.6 Å². The van der Waals surface area contributed by atoms with Crippen molar-refractivity contribution in [3.05, 3.63) is 142 Å². The molecular weight excluding hydrogens is 721 g/mol. The van der Waals surface area contributed by atoms with E-state index >= 15 is 0 Å². The van der Waals surface area contributed by atoms with E-state index < -0.39 is 44.0 Å². The second-order valence-corrected chi connectivity index (χ2v) is 36.9. The van der Waals surface area contributed by atoms with E-state index in [4.69, 9.17) is 8.85 Å². The van der Waals surface area contributed by atoms with Gasteiger partial charge in [-0.1, -0.05) is 161 Å². The van der Waals surface area contributed by atoms with E-state index in [2.05, 4.69) is 223 Å². The van der Waals surface area contributed by atoms with Crippen molar-refractivity contribution in [1.29, 1.82) is 0 Å². The van der Waals surface area contributed by atoms with E-state index in [1.54, 1.807) is 0 Å². The lowest BCUT2D eigenvalue weighted by Gasteiger charge is -2.40. The Morgan fingerprint density at radius 2 is 0.630 bits per heavy atom. The van der Waals surface area contributed by atoms with Gasteiger partial charge in [0.25, 0.3) is 0 Å². The highest BCUT2D eigenvalue weighted by molar-refractivity contribution is 6.84. The molecule has 2 aliphatic rings. The normalized spacial score (nSPS) is 15.2.